The van der Waals surface area contributed by atoms with Crippen LogP contribution in [0.15, 0.2) is 36.5 Å². The summed E-state index contributed by atoms with van der Waals surface area (Å²) in [7, 11) is 2.03. The second kappa shape index (κ2) is 8.23. The Bertz CT molecular complexity index is 774. The Hall–Kier alpha value is -2.18. The fraction of sp³-hybridized carbons (Fsp3) is 0.524. The van der Waals surface area contributed by atoms with Crippen LogP contribution in [0, 0.1) is 0 Å². The molecule has 0 radical (unpaired) electrons. The second-order valence-corrected chi connectivity index (χ2v) is 7.57. The van der Waals surface area contributed by atoms with Crippen molar-refractivity contribution in [2.45, 2.75) is 44.4 Å². The number of rotatable bonds is 5. The number of carbonyl (C=O) groups excluding carboxylic acids is 1. The van der Waals surface area contributed by atoms with Gasteiger partial charge in [-0.2, -0.15) is 5.10 Å². The fourth-order valence-corrected chi connectivity index (χ4v) is 4.06. The number of nitrogens with zero attached hydrogens (tertiary/aromatic N) is 3. The molecule has 1 aromatic carbocycles. The number of benzene rings is 1. The molecule has 2 aliphatic rings. The predicted molar refractivity (Wildman–Crippen MR) is 103 cm³/mol. The van der Waals surface area contributed by atoms with Crippen LogP contribution in [0.4, 0.5) is 0 Å². The van der Waals surface area contributed by atoms with Crippen LogP contribution < -0.4 is 5.32 Å². The Labute approximate surface area is 160 Å². The molecule has 0 unspecified atom stereocenters. The number of piperidine rings is 1. The lowest BCUT2D eigenvalue weighted by atomic mass is 10.0. The molecule has 1 N–H and O–H groups in total. The lowest BCUT2D eigenvalue weighted by Crippen LogP contribution is -2.48. The number of nitrogens with one attached hydrogen (secondary N) is 1. The zero-order chi connectivity index (χ0) is 18.6. The smallest absolute Gasteiger partial charge is 0.237 e. The summed E-state index contributed by atoms with van der Waals surface area (Å²) in [5.41, 5.74) is 3.42. The summed E-state index contributed by atoms with van der Waals surface area (Å²) in [6, 6.07) is 10.3. The van der Waals surface area contributed by atoms with Crippen LogP contribution in [0.25, 0.3) is 0 Å². The number of carbonyl (C=O) groups is 1. The molecule has 1 amide bonds. The zero-order valence-electron chi connectivity index (χ0n) is 15.9. The zero-order valence-corrected chi connectivity index (χ0v) is 15.9. The number of hydrogen-bond acceptors (Lipinski definition) is 4. The number of likely N-dealkylation sites (N-methyl/N-ethyl adjacent to an activating group) is 1. The second-order valence-electron chi connectivity index (χ2n) is 7.57. The minimum absolute atomic E-state index is 0.0163. The number of aromatic nitrogens is 2. The molecule has 0 bridgehead atoms. The Balaban J connectivity index is 1.40. The van der Waals surface area contributed by atoms with E-state index in [1.165, 1.54) is 17.5 Å². The molecular weight excluding hydrogens is 340 g/mol. The van der Waals surface area contributed by atoms with E-state index in [4.69, 9.17) is 9.84 Å². The van der Waals surface area contributed by atoms with E-state index in [1.807, 2.05) is 29.9 Å². The van der Waals surface area contributed by atoms with E-state index in [-0.39, 0.29) is 18.1 Å². The van der Waals surface area contributed by atoms with E-state index in [0.29, 0.717) is 13.2 Å². The first-order valence-electron chi connectivity index (χ1n) is 9.90. The minimum Gasteiger partial charge on any atom is -0.370 e. The SMILES string of the molecule is CN1CCCC[C@@H]1C(=O)NC[C@@H]1OCCc2cn(Cc3ccccc3)nc21. The Kier molecular flexibility index (Phi) is 5.55. The molecule has 0 saturated carbocycles. The van der Waals surface area contributed by atoms with E-state index in [2.05, 4.69) is 28.5 Å². The molecule has 4 rings (SSSR count). The molecule has 1 fully saturated rings. The molecule has 3 heterocycles. The minimum atomic E-state index is -0.163. The highest BCUT2D eigenvalue weighted by atomic mass is 16.5. The first kappa shape index (κ1) is 18.2. The van der Waals surface area contributed by atoms with Crippen molar-refractivity contribution in [1.29, 1.82) is 0 Å². The molecule has 2 aliphatic heterocycles. The summed E-state index contributed by atoms with van der Waals surface area (Å²) in [5.74, 6) is 0.108. The molecule has 1 aromatic heterocycles. The molecule has 6 heteroatoms. The van der Waals surface area contributed by atoms with Gasteiger partial charge in [0.1, 0.15) is 6.10 Å². The van der Waals surface area contributed by atoms with Crippen LogP contribution in [0.1, 0.15) is 42.2 Å². The van der Waals surface area contributed by atoms with Gasteiger partial charge in [0.25, 0.3) is 0 Å². The van der Waals surface area contributed by atoms with Crippen LogP contribution in [-0.4, -0.2) is 53.4 Å². The molecule has 1 saturated heterocycles. The van der Waals surface area contributed by atoms with Gasteiger partial charge < -0.3 is 10.1 Å². The highest BCUT2D eigenvalue weighted by Crippen LogP contribution is 2.26. The average molecular weight is 368 g/mol. The van der Waals surface area contributed by atoms with Gasteiger partial charge in [-0.15, -0.1) is 0 Å². The normalized spacial score (nSPS) is 23.0. The third kappa shape index (κ3) is 4.22. The van der Waals surface area contributed by atoms with Crippen molar-refractivity contribution in [3.63, 3.8) is 0 Å². The van der Waals surface area contributed by atoms with Crippen molar-refractivity contribution in [3.8, 4) is 0 Å². The number of hydrogen-bond donors (Lipinski definition) is 1. The first-order valence-corrected chi connectivity index (χ1v) is 9.90. The van der Waals surface area contributed by atoms with E-state index in [1.54, 1.807) is 0 Å². The van der Waals surface area contributed by atoms with E-state index in [0.717, 1.165) is 38.0 Å². The number of likely N-dealkylation sites (tertiary alicyclic amines) is 1. The topological polar surface area (TPSA) is 59.4 Å². The van der Waals surface area contributed by atoms with Crippen LogP contribution in [0.3, 0.4) is 0 Å². The van der Waals surface area contributed by atoms with Crippen molar-refractivity contribution in [3.05, 3.63) is 53.3 Å². The predicted octanol–water partition coefficient (Wildman–Crippen LogP) is 2.15. The highest BCUT2D eigenvalue weighted by Gasteiger charge is 2.29. The van der Waals surface area contributed by atoms with Crippen LogP contribution >= 0.6 is 0 Å². The van der Waals surface area contributed by atoms with Gasteiger partial charge in [0.05, 0.1) is 24.9 Å². The maximum absolute atomic E-state index is 12.6. The van der Waals surface area contributed by atoms with Gasteiger partial charge in [0, 0.05) is 12.7 Å². The van der Waals surface area contributed by atoms with Crippen LogP contribution in [-0.2, 0) is 22.5 Å². The molecule has 144 valence electrons. The third-order valence-electron chi connectivity index (χ3n) is 5.59. The van der Waals surface area contributed by atoms with Gasteiger partial charge in [-0.1, -0.05) is 36.8 Å². The Morgan fingerprint density at radius 2 is 2.15 bits per heavy atom. The standard InChI is InChI=1S/C21H28N4O2/c1-24-11-6-5-9-18(24)21(26)22-13-19-20-17(10-12-27-19)15-25(23-20)14-16-7-3-2-4-8-16/h2-4,7-8,15,18-19H,5-6,9-14H2,1H3,(H,22,26)/t18-,19+/m1/s1. The first-order chi connectivity index (χ1) is 13.2. The molecule has 6 nitrogen and oxygen atoms in total. The Morgan fingerprint density at radius 3 is 2.96 bits per heavy atom. The van der Waals surface area contributed by atoms with E-state index < -0.39 is 0 Å². The molecule has 0 spiro atoms. The largest absolute Gasteiger partial charge is 0.370 e. The van der Waals surface area contributed by atoms with Crippen molar-refractivity contribution in [1.82, 2.24) is 20.0 Å². The molecule has 27 heavy (non-hydrogen) atoms. The van der Waals surface area contributed by atoms with E-state index >= 15 is 0 Å². The van der Waals surface area contributed by atoms with Crippen molar-refractivity contribution >= 4 is 5.91 Å². The van der Waals surface area contributed by atoms with Crippen LogP contribution in [0.5, 0.6) is 0 Å². The summed E-state index contributed by atoms with van der Waals surface area (Å²) in [4.78, 5) is 14.7. The third-order valence-corrected chi connectivity index (χ3v) is 5.59. The monoisotopic (exact) mass is 368 g/mol. The van der Waals surface area contributed by atoms with Gasteiger partial charge in [-0.05, 0) is 44.0 Å². The Morgan fingerprint density at radius 1 is 1.30 bits per heavy atom. The van der Waals surface area contributed by atoms with Gasteiger partial charge in [-0.25, -0.2) is 0 Å². The summed E-state index contributed by atoms with van der Waals surface area (Å²) in [5, 5.41) is 7.86. The van der Waals surface area contributed by atoms with E-state index in [9.17, 15) is 4.79 Å². The summed E-state index contributed by atoms with van der Waals surface area (Å²) >= 11 is 0. The van der Waals surface area contributed by atoms with Crippen LogP contribution in [0.2, 0.25) is 0 Å². The maximum Gasteiger partial charge on any atom is 0.237 e. The average Bonchev–Trinajstić information content (AvgIpc) is 3.10. The number of ether oxygens (including phenoxy) is 1. The van der Waals surface area contributed by atoms with Gasteiger partial charge in [-0.3, -0.25) is 14.4 Å². The fourth-order valence-electron chi connectivity index (χ4n) is 4.06. The summed E-state index contributed by atoms with van der Waals surface area (Å²) in [6.07, 6.45) is 6.06. The van der Waals surface area contributed by atoms with Crippen molar-refractivity contribution in [2.24, 2.45) is 0 Å². The van der Waals surface area contributed by atoms with Gasteiger partial charge in [0.15, 0.2) is 0 Å². The van der Waals surface area contributed by atoms with Gasteiger partial charge in [0.2, 0.25) is 5.91 Å². The summed E-state index contributed by atoms with van der Waals surface area (Å²) in [6.45, 7) is 2.90. The number of amides is 1. The van der Waals surface area contributed by atoms with Crippen molar-refractivity contribution < 1.29 is 9.53 Å². The lowest BCUT2D eigenvalue weighted by Gasteiger charge is -2.32. The molecular formula is C21H28N4O2. The van der Waals surface area contributed by atoms with Gasteiger partial charge >= 0.3 is 0 Å². The molecule has 2 atom stereocenters. The summed E-state index contributed by atoms with van der Waals surface area (Å²) < 4.78 is 7.91. The quantitative estimate of drug-likeness (QED) is 0.879. The molecule has 0 aliphatic carbocycles. The highest BCUT2D eigenvalue weighted by molar-refractivity contribution is 5.81. The van der Waals surface area contributed by atoms with Crippen molar-refractivity contribution in [2.75, 3.05) is 26.7 Å². The number of fused-ring (bicyclic) bond motifs is 1. The molecule has 2 aromatic rings. The maximum atomic E-state index is 12.6. The lowest BCUT2D eigenvalue weighted by molar-refractivity contribution is -0.127.